The summed E-state index contributed by atoms with van der Waals surface area (Å²) in [6, 6.07) is 14.9. The Hall–Kier alpha value is -3.88. The summed E-state index contributed by atoms with van der Waals surface area (Å²) in [5, 5.41) is 6.00. The number of imide groups is 1. The standard InChI is InChI=1S/C21H20N4O5/c1-2-21(13-8-4-3-5-9-13)19(28)25(20(29)23-21)24-17(26)12-16-18(27)22-14-10-6-7-11-15(14)30-16/h3-11,16H,2,12H2,1H3,(H,22,27)(H,23,29)(H,24,26)/t16-,21-/m1/s1. The summed E-state index contributed by atoms with van der Waals surface area (Å²) < 4.78 is 5.59. The molecule has 2 aromatic carbocycles. The van der Waals surface area contributed by atoms with Crippen LogP contribution >= 0.6 is 0 Å². The Morgan fingerprint density at radius 1 is 1.10 bits per heavy atom. The molecule has 9 nitrogen and oxygen atoms in total. The molecular weight excluding hydrogens is 388 g/mol. The van der Waals surface area contributed by atoms with Gasteiger partial charge in [-0.15, -0.1) is 0 Å². The number of ether oxygens (including phenoxy) is 1. The van der Waals surface area contributed by atoms with E-state index < -0.39 is 35.4 Å². The first-order chi connectivity index (χ1) is 14.4. The first kappa shape index (κ1) is 19.4. The quantitative estimate of drug-likeness (QED) is 0.651. The maximum absolute atomic E-state index is 13.0. The Kier molecular flexibility index (Phi) is 4.86. The van der Waals surface area contributed by atoms with Crippen molar-refractivity contribution < 1.29 is 23.9 Å². The summed E-state index contributed by atoms with van der Waals surface area (Å²) in [7, 11) is 0. The van der Waals surface area contributed by atoms with Gasteiger partial charge in [0.2, 0.25) is 5.91 Å². The fourth-order valence-corrected chi connectivity index (χ4v) is 3.60. The van der Waals surface area contributed by atoms with Gasteiger partial charge in [-0.2, -0.15) is 5.01 Å². The number of benzene rings is 2. The highest BCUT2D eigenvalue weighted by Gasteiger charge is 2.52. The summed E-state index contributed by atoms with van der Waals surface area (Å²) in [4.78, 5) is 50.2. The van der Waals surface area contributed by atoms with Gasteiger partial charge in [-0.1, -0.05) is 49.4 Å². The fraction of sp³-hybridized carbons (Fsp3) is 0.238. The number of amides is 5. The molecule has 154 valence electrons. The lowest BCUT2D eigenvalue weighted by molar-refractivity contribution is -0.140. The van der Waals surface area contributed by atoms with Gasteiger partial charge in [0, 0.05) is 0 Å². The third-order valence-electron chi connectivity index (χ3n) is 5.20. The van der Waals surface area contributed by atoms with Crippen molar-refractivity contribution in [2.75, 3.05) is 5.32 Å². The first-order valence-corrected chi connectivity index (χ1v) is 9.53. The topological polar surface area (TPSA) is 117 Å². The second-order valence-corrected chi connectivity index (χ2v) is 7.03. The zero-order valence-electron chi connectivity index (χ0n) is 16.2. The van der Waals surface area contributed by atoms with Crippen molar-refractivity contribution in [1.82, 2.24) is 15.8 Å². The molecule has 1 saturated heterocycles. The second-order valence-electron chi connectivity index (χ2n) is 7.03. The largest absolute Gasteiger partial charge is 0.478 e. The smallest absolute Gasteiger partial charge is 0.344 e. The van der Waals surface area contributed by atoms with E-state index in [0.717, 1.165) is 0 Å². The van der Waals surface area contributed by atoms with Gasteiger partial charge in [0.05, 0.1) is 12.1 Å². The van der Waals surface area contributed by atoms with Crippen molar-refractivity contribution in [1.29, 1.82) is 0 Å². The predicted octanol–water partition coefficient (Wildman–Crippen LogP) is 1.66. The van der Waals surface area contributed by atoms with Crippen LogP contribution in [0.15, 0.2) is 54.6 Å². The van der Waals surface area contributed by atoms with Crippen LogP contribution in [0, 0.1) is 0 Å². The molecule has 2 aromatic rings. The number of urea groups is 1. The highest BCUT2D eigenvalue weighted by Crippen LogP contribution is 2.32. The van der Waals surface area contributed by atoms with Crippen LogP contribution in [0.1, 0.15) is 25.3 Å². The lowest BCUT2D eigenvalue weighted by Crippen LogP contribution is -2.50. The van der Waals surface area contributed by atoms with Crippen LogP contribution in [0.5, 0.6) is 5.75 Å². The molecule has 3 N–H and O–H groups in total. The summed E-state index contributed by atoms with van der Waals surface area (Å²) in [6.07, 6.45) is -1.13. The van der Waals surface area contributed by atoms with Crippen LogP contribution in [0.4, 0.5) is 10.5 Å². The van der Waals surface area contributed by atoms with Crippen molar-refractivity contribution in [3.05, 3.63) is 60.2 Å². The Balaban J connectivity index is 1.47. The first-order valence-electron chi connectivity index (χ1n) is 9.53. The number of nitrogens with zero attached hydrogens (tertiary/aromatic N) is 1. The van der Waals surface area contributed by atoms with Gasteiger partial charge < -0.3 is 15.4 Å². The molecule has 2 atom stereocenters. The number of hydrogen-bond donors (Lipinski definition) is 3. The molecule has 30 heavy (non-hydrogen) atoms. The van der Waals surface area contributed by atoms with Gasteiger partial charge in [-0.05, 0) is 24.1 Å². The van der Waals surface area contributed by atoms with Crippen LogP contribution in [0.25, 0.3) is 0 Å². The number of para-hydroxylation sites is 2. The molecule has 2 heterocycles. The lowest BCUT2D eigenvalue weighted by Gasteiger charge is -2.26. The molecule has 0 bridgehead atoms. The van der Waals surface area contributed by atoms with Gasteiger partial charge in [0.1, 0.15) is 11.3 Å². The van der Waals surface area contributed by atoms with Crippen LogP contribution in [-0.2, 0) is 19.9 Å². The maximum Gasteiger partial charge on any atom is 0.344 e. The zero-order valence-corrected chi connectivity index (χ0v) is 16.2. The molecule has 0 radical (unpaired) electrons. The number of hydrazine groups is 1. The normalized spacial score (nSPS) is 22.6. The summed E-state index contributed by atoms with van der Waals surface area (Å²) in [5.41, 5.74) is 2.18. The van der Waals surface area contributed by atoms with E-state index in [1.807, 2.05) is 0 Å². The minimum absolute atomic E-state index is 0.304. The van der Waals surface area contributed by atoms with Crippen LogP contribution in [0.3, 0.4) is 0 Å². The van der Waals surface area contributed by atoms with Crippen LogP contribution < -0.4 is 20.8 Å². The van der Waals surface area contributed by atoms with E-state index in [4.69, 9.17) is 4.74 Å². The number of carbonyl (C=O) groups is 4. The SMILES string of the molecule is CC[C@]1(c2ccccc2)NC(=O)N(NC(=O)C[C@H]2Oc3ccccc3NC2=O)C1=O. The molecule has 9 heteroatoms. The van der Waals surface area contributed by atoms with Gasteiger partial charge in [-0.3, -0.25) is 19.8 Å². The number of fused-ring (bicyclic) bond motifs is 1. The van der Waals surface area contributed by atoms with Crippen molar-refractivity contribution in [2.24, 2.45) is 0 Å². The van der Waals surface area contributed by atoms with E-state index >= 15 is 0 Å². The summed E-state index contributed by atoms with van der Waals surface area (Å²) in [6.45, 7) is 1.77. The number of rotatable bonds is 5. The average Bonchev–Trinajstić information content (AvgIpc) is 3.00. The van der Waals surface area contributed by atoms with Crippen molar-refractivity contribution in [2.45, 2.75) is 31.4 Å². The van der Waals surface area contributed by atoms with Crippen molar-refractivity contribution >= 4 is 29.4 Å². The van der Waals surface area contributed by atoms with Gasteiger partial charge in [0.25, 0.3) is 11.8 Å². The van der Waals surface area contributed by atoms with Crippen molar-refractivity contribution in [3.8, 4) is 5.75 Å². The average molecular weight is 408 g/mol. The van der Waals surface area contributed by atoms with E-state index in [9.17, 15) is 19.2 Å². The number of hydrogen-bond acceptors (Lipinski definition) is 5. The lowest BCUT2D eigenvalue weighted by atomic mass is 9.87. The molecule has 4 rings (SSSR count). The molecule has 0 unspecified atom stereocenters. The Morgan fingerprint density at radius 2 is 1.80 bits per heavy atom. The number of carbonyl (C=O) groups excluding carboxylic acids is 4. The Labute approximate surface area is 172 Å². The number of anilines is 1. The minimum atomic E-state index is -1.26. The molecule has 5 amide bonds. The zero-order chi connectivity index (χ0) is 21.3. The van der Waals surface area contributed by atoms with Crippen LogP contribution in [-0.4, -0.2) is 34.9 Å². The minimum Gasteiger partial charge on any atom is -0.478 e. The molecule has 2 aliphatic rings. The van der Waals surface area contributed by atoms with E-state index in [1.54, 1.807) is 61.5 Å². The monoisotopic (exact) mass is 408 g/mol. The van der Waals surface area contributed by atoms with Gasteiger partial charge in [-0.25, -0.2) is 4.79 Å². The van der Waals surface area contributed by atoms with E-state index in [2.05, 4.69) is 16.1 Å². The van der Waals surface area contributed by atoms with E-state index in [-0.39, 0.29) is 6.42 Å². The molecule has 0 spiro atoms. The van der Waals surface area contributed by atoms with Crippen molar-refractivity contribution in [3.63, 3.8) is 0 Å². The Bertz CT molecular complexity index is 1030. The van der Waals surface area contributed by atoms with E-state index in [0.29, 0.717) is 28.4 Å². The highest BCUT2D eigenvalue weighted by molar-refractivity contribution is 6.08. The van der Waals surface area contributed by atoms with Gasteiger partial charge >= 0.3 is 6.03 Å². The van der Waals surface area contributed by atoms with Crippen LogP contribution in [0.2, 0.25) is 0 Å². The number of nitrogens with one attached hydrogen (secondary N) is 3. The molecule has 1 fully saturated rings. The summed E-state index contributed by atoms with van der Waals surface area (Å²) in [5.74, 6) is -1.32. The highest BCUT2D eigenvalue weighted by atomic mass is 16.5. The molecule has 2 aliphatic heterocycles. The third-order valence-corrected chi connectivity index (χ3v) is 5.20. The second kappa shape index (κ2) is 7.51. The molecular formula is C21H20N4O5. The third kappa shape index (κ3) is 3.24. The Morgan fingerprint density at radius 3 is 2.53 bits per heavy atom. The maximum atomic E-state index is 13.0. The molecule has 0 aromatic heterocycles. The van der Waals surface area contributed by atoms with E-state index in [1.165, 1.54) is 0 Å². The molecule has 0 aliphatic carbocycles. The summed E-state index contributed by atoms with van der Waals surface area (Å²) >= 11 is 0. The molecule has 0 saturated carbocycles. The van der Waals surface area contributed by atoms with Gasteiger partial charge in [0.15, 0.2) is 6.10 Å². The fourth-order valence-electron chi connectivity index (χ4n) is 3.60. The predicted molar refractivity (Wildman–Crippen MR) is 106 cm³/mol.